The summed E-state index contributed by atoms with van der Waals surface area (Å²) >= 11 is 7.84. The van der Waals surface area contributed by atoms with Crippen LogP contribution in [-0.4, -0.2) is 8.42 Å². The van der Waals surface area contributed by atoms with E-state index in [-0.39, 0.29) is 4.90 Å². The van der Waals surface area contributed by atoms with Gasteiger partial charge in [0.05, 0.1) is 10.6 Å². The molecule has 19 heavy (non-hydrogen) atoms. The van der Waals surface area contributed by atoms with E-state index < -0.39 is 10.0 Å². The number of nitrogens with two attached hydrogens (primary N) is 1. The number of nitrogen functional groups attached to an aromatic ring is 1. The van der Waals surface area contributed by atoms with Crippen molar-refractivity contribution in [2.24, 2.45) is 0 Å². The minimum absolute atomic E-state index is 0.123. The lowest BCUT2D eigenvalue weighted by Crippen LogP contribution is -2.14. The van der Waals surface area contributed by atoms with Crippen molar-refractivity contribution in [3.63, 3.8) is 0 Å². The second kappa shape index (κ2) is 5.56. The van der Waals surface area contributed by atoms with Crippen molar-refractivity contribution >= 4 is 55.6 Å². The molecule has 0 fully saturated rings. The molecule has 2 aromatic rings. The highest BCUT2D eigenvalue weighted by Gasteiger charge is 2.15. The summed E-state index contributed by atoms with van der Waals surface area (Å²) in [6, 6.07) is 11.0. The van der Waals surface area contributed by atoms with Crippen molar-refractivity contribution in [1.82, 2.24) is 0 Å². The van der Waals surface area contributed by atoms with E-state index in [1.54, 1.807) is 30.3 Å². The predicted octanol–water partition coefficient (Wildman–Crippen LogP) is 3.33. The summed E-state index contributed by atoms with van der Waals surface area (Å²) in [5.74, 6) is 0. The Bertz CT molecular complexity index is 719. The lowest BCUT2D eigenvalue weighted by Gasteiger charge is -2.10. The Balaban J connectivity index is 2.36. The van der Waals surface area contributed by atoms with Gasteiger partial charge in [-0.05, 0) is 59.0 Å². The molecule has 100 valence electrons. The number of sulfonamides is 1. The van der Waals surface area contributed by atoms with Crippen molar-refractivity contribution < 1.29 is 8.42 Å². The summed E-state index contributed by atoms with van der Waals surface area (Å²) in [6.45, 7) is 0. The molecule has 0 atom stereocenters. The van der Waals surface area contributed by atoms with Gasteiger partial charge >= 0.3 is 0 Å². The molecule has 0 aliphatic rings. The van der Waals surface area contributed by atoms with Crippen molar-refractivity contribution in [2.45, 2.75) is 4.90 Å². The van der Waals surface area contributed by atoms with Gasteiger partial charge in [0.2, 0.25) is 0 Å². The van der Waals surface area contributed by atoms with E-state index in [0.717, 1.165) is 3.57 Å². The van der Waals surface area contributed by atoms with E-state index in [1.807, 2.05) is 22.6 Å². The quantitative estimate of drug-likeness (QED) is 0.604. The van der Waals surface area contributed by atoms with Gasteiger partial charge in [-0.15, -0.1) is 0 Å². The Morgan fingerprint density at radius 3 is 2.53 bits per heavy atom. The zero-order valence-electron chi connectivity index (χ0n) is 9.60. The summed E-state index contributed by atoms with van der Waals surface area (Å²) < 4.78 is 27.6. The van der Waals surface area contributed by atoms with Crippen LogP contribution in [0.1, 0.15) is 0 Å². The molecule has 0 aliphatic carbocycles. The van der Waals surface area contributed by atoms with Crippen molar-refractivity contribution in [2.75, 3.05) is 10.5 Å². The Morgan fingerprint density at radius 2 is 1.89 bits per heavy atom. The molecule has 0 amide bonds. The van der Waals surface area contributed by atoms with E-state index in [1.165, 1.54) is 12.1 Å². The van der Waals surface area contributed by atoms with Crippen LogP contribution in [0.5, 0.6) is 0 Å². The minimum atomic E-state index is -3.65. The average molecular weight is 409 g/mol. The lowest BCUT2D eigenvalue weighted by molar-refractivity contribution is 0.601. The first-order valence-electron chi connectivity index (χ1n) is 5.22. The smallest absolute Gasteiger partial charge is 0.262 e. The monoisotopic (exact) mass is 408 g/mol. The minimum Gasteiger partial charge on any atom is -0.399 e. The third-order valence-electron chi connectivity index (χ3n) is 2.34. The highest BCUT2D eigenvalue weighted by molar-refractivity contribution is 14.1. The zero-order valence-corrected chi connectivity index (χ0v) is 13.3. The number of rotatable bonds is 3. The van der Waals surface area contributed by atoms with E-state index in [0.29, 0.717) is 16.4 Å². The second-order valence-electron chi connectivity index (χ2n) is 3.80. The van der Waals surface area contributed by atoms with E-state index in [4.69, 9.17) is 17.3 Å². The van der Waals surface area contributed by atoms with Crippen LogP contribution in [0.3, 0.4) is 0 Å². The van der Waals surface area contributed by atoms with Gasteiger partial charge in [0.15, 0.2) is 0 Å². The van der Waals surface area contributed by atoms with Gasteiger partial charge in [0, 0.05) is 14.3 Å². The van der Waals surface area contributed by atoms with Crippen LogP contribution in [0, 0.1) is 3.57 Å². The summed E-state index contributed by atoms with van der Waals surface area (Å²) in [5.41, 5.74) is 6.46. The second-order valence-corrected chi connectivity index (χ2v) is 7.08. The first-order chi connectivity index (χ1) is 8.88. The first-order valence-corrected chi connectivity index (χ1v) is 8.16. The Labute approximate surface area is 130 Å². The van der Waals surface area contributed by atoms with Gasteiger partial charge in [-0.1, -0.05) is 17.7 Å². The molecule has 2 aromatic carbocycles. The van der Waals surface area contributed by atoms with Crippen LogP contribution in [0.15, 0.2) is 47.4 Å². The third-order valence-corrected chi connectivity index (χ3v) is 4.83. The molecule has 0 radical (unpaired) electrons. The molecule has 3 N–H and O–H groups in total. The molecule has 7 heteroatoms. The Kier molecular flexibility index (Phi) is 4.22. The number of hydrogen-bond donors (Lipinski definition) is 2. The van der Waals surface area contributed by atoms with E-state index >= 15 is 0 Å². The fourth-order valence-electron chi connectivity index (χ4n) is 1.46. The fraction of sp³-hybridized carbons (Fsp3) is 0. The summed E-state index contributed by atoms with van der Waals surface area (Å²) in [7, 11) is -3.65. The van der Waals surface area contributed by atoms with Gasteiger partial charge in [-0.3, -0.25) is 4.72 Å². The molecule has 0 aromatic heterocycles. The van der Waals surface area contributed by atoms with E-state index in [2.05, 4.69) is 4.72 Å². The van der Waals surface area contributed by atoms with Gasteiger partial charge in [-0.2, -0.15) is 0 Å². The van der Waals surface area contributed by atoms with Crippen LogP contribution in [0.25, 0.3) is 0 Å². The van der Waals surface area contributed by atoms with Gasteiger partial charge in [0.25, 0.3) is 10.0 Å². The van der Waals surface area contributed by atoms with Crippen LogP contribution in [0.2, 0.25) is 5.02 Å². The van der Waals surface area contributed by atoms with Gasteiger partial charge < -0.3 is 5.73 Å². The average Bonchev–Trinajstić information content (AvgIpc) is 2.33. The van der Waals surface area contributed by atoms with Crippen LogP contribution < -0.4 is 10.5 Å². The van der Waals surface area contributed by atoms with Crippen LogP contribution >= 0.6 is 34.2 Å². The highest BCUT2D eigenvalue weighted by Crippen LogP contribution is 2.25. The van der Waals surface area contributed by atoms with Crippen molar-refractivity contribution in [3.8, 4) is 0 Å². The summed E-state index contributed by atoms with van der Waals surface area (Å²) in [4.78, 5) is 0.123. The molecule has 0 heterocycles. The molecule has 0 spiro atoms. The third kappa shape index (κ3) is 3.52. The number of hydrogen-bond acceptors (Lipinski definition) is 3. The SMILES string of the molecule is Nc1cccc(S(=O)(=O)Nc2ccc(Cl)cc2I)c1. The van der Waals surface area contributed by atoms with Crippen LogP contribution in [0.4, 0.5) is 11.4 Å². The largest absolute Gasteiger partial charge is 0.399 e. The highest BCUT2D eigenvalue weighted by atomic mass is 127. The standard InChI is InChI=1S/C12H10ClIN2O2S/c13-8-4-5-12(11(14)6-8)16-19(17,18)10-3-1-2-9(15)7-10/h1-7,16H,15H2. The number of anilines is 2. The Hall–Kier alpha value is -0.990. The molecule has 2 rings (SSSR count). The summed E-state index contributed by atoms with van der Waals surface area (Å²) in [5, 5.41) is 0.552. The molecular weight excluding hydrogens is 399 g/mol. The maximum atomic E-state index is 12.2. The van der Waals surface area contributed by atoms with Gasteiger partial charge in [0.1, 0.15) is 0 Å². The lowest BCUT2D eigenvalue weighted by atomic mass is 10.3. The molecule has 4 nitrogen and oxygen atoms in total. The molecule has 0 saturated carbocycles. The zero-order chi connectivity index (χ0) is 14.0. The van der Waals surface area contributed by atoms with Gasteiger partial charge in [-0.25, -0.2) is 8.42 Å². The molecule has 0 bridgehead atoms. The Morgan fingerprint density at radius 1 is 1.16 bits per heavy atom. The molecule has 0 aliphatic heterocycles. The maximum absolute atomic E-state index is 12.2. The molecule has 0 saturated heterocycles. The fourth-order valence-corrected chi connectivity index (χ4v) is 3.78. The molecular formula is C12H10ClIN2O2S. The number of halogens is 2. The van der Waals surface area contributed by atoms with Crippen molar-refractivity contribution in [1.29, 1.82) is 0 Å². The van der Waals surface area contributed by atoms with Crippen LogP contribution in [-0.2, 0) is 10.0 Å². The number of nitrogens with one attached hydrogen (secondary N) is 1. The van der Waals surface area contributed by atoms with E-state index in [9.17, 15) is 8.42 Å². The summed E-state index contributed by atoms with van der Waals surface area (Å²) in [6.07, 6.45) is 0. The number of benzene rings is 2. The maximum Gasteiger partial charge on any atom is 0.262 e. The topological polar surface area (TPSA) is 72.2 Å². The first kappa shape index (κ1) is 14.4. The van der Waals surface area contributed by atoms with Crippen molar-refractivity contribution in [3.05, 3.63) is 51.1 Å². The normalized spacial score (nSPS) is 11.3. The molecule has 0 unspecified atom stereocenters. The predicted molar refractivity (Wildman–Crippen MR) is 85.8 cm³/mol.